The molecule has 2 aromatic rings. The molecular weight excluding hydrogens is 335 g/mol. The van der Waals surface area contributed by atoms with Gasteiger partial charge in [-0.15, -0.1) is 0 Å². The van der Waals surface area contributed by atoms with Gasteiger partial charge in [-0.3, -0.25) is 0 Å². The number of halogens is 3. The molecule has 2 rings (SSSR count). The second-order valence-corrected chi connectivity index (χ2v) is 12.0. The Morgan fingerprint density at radius 2 is 1.96 bits per heavy atom. The van der Waals surface area contributed by atoms with Gasteiger partial charge >= 0.3 is 6.18 Å². The first-order chi connectivity index (χ1) is 11.1. The Balaban J connectivity index is 0.000000277. The van der Waals surface area contributed by atoms with Gasteiger partial charge in [-0.05, 0) is 25.1 Å². The summed E-state index contributed by atoms with van der Waals surface area (Å²) in [5, 5.41) is 0. The van der Waals surface area contributed by atoms with E-state index in [1.54, 1.807) is 0 Å². The summed E-state index contributed by atoms with van der Waals surface area (Å²) >= 11 is 0. The number of rotatable bonds is 4. The third-order valence-corrected chi connectivity index (χ3v) is 4.86. The van der Waals surface area contributed by atoms with Crippen LogP contribution in [-0.4, -0.2) is 31.3 Å². The number of H-pyrrole nitrogens is 1. The third kappa shape index (κ3) is 6.33. The summed E-state index contributed by atoms with van der Waals surface area (Å²) in [6, 6.07) is 3.04. The maximum absolute atomic E-state index is 12.4. The molecule has 1 N–H and O–H groups in total. The summed E-state index contributed by atoms with van der Waals surface area (Å²) in [5.74, 6) is 0. The topological polar surface area (TPSA) is 42.3 Å². The zero-order valence-electron chi connectivity index (χ0n) is 14.3. The minimum Gasteiger partial charge on any atom is -0.382 e. The lowest BCUT2D eigenvalue weighted by molar-refractivity contribution is -0.137. The summed E-state index contributed by atoms with van der Waals surface area (Å²) in [7, 11) is -0.819. The van der Waals surface area contributed by atoms with E-state index >= 15 is 0 Å². The van der Waals surface area contributed by atoms with E-state index in [4.69, 9.17) is 11.3 Å². The van der Waals surface area contributed by atoms with Crippen molar-refractivity contribution in [3.63, 3.8) is 0 Å². The van der Waals surface area contributed by atoms with Crippen LogP contribution >= 0.6 is 0 Å². The molecule has 0 amide bonds. The van der Waals surface area contributed by atoms with Crippen LogP contribution in [0.4, 0.5) is 18.9 Å². The number of nitrogens with zero attached hydrogens (tertiary/aromatic N) is 2. The summed E-state index contributed by atoms with van der Waals surface area (Å²) in [5.41, 5.74) is -0.458. The van der Waals surface area contributed by atoms with Crippen molar-refractivity contribution in [3.8, 4) is 0 Å². The van der Waals surface area contributed by atoms with Gasteiger partial charge in [-0.2, -0.15) is 13.2 Å². The lowest BCUT2D eigenvalue weighted by Gasteiger charge is -2.14. The molecule has 0 aliphatic carbocycles. The quantitative estimate of drug-likeness (QED) is 0.446. The summed E-state index contributed by atoms with van der Waals surface area (Å²) in [4.78, 5) is 9.34. The smallest absolute Gasteiger partial charge is 0.382 e. The molecule has 0 saturated heterocycles. The van der Waals surface area contributed by atoms with Crippen molar-refractivity contribution in [3.05, 3.63) is 35.4 Å². The van der Waals surface area contributed by atoms with E-state index in [9.17, 15) is 13.2 Å². The van der Waals surface area contributed by atoms with Crippen LogP contribution < -0.4 is 0 Å². The number of fused-ring (bicyclic) bond motifs is 1. The molecule has 0 radical (unpaired) electrons. The minimum atomic E-state index is -4.45. The molecule has 8 heteroatoms. The van der Waals surface area contributed by atoms with Crippen LogP contribution in [-0.2, 0) is 10.9 Å². The molecule has 0 bridgehead atoms. The molecular formula is C16H22F3N3OSi. The highest BCUT2D eigenvalue weighted by atomic mass is 28.3. The van der Waals surface area contributed by atoms with Gasteiger partial charge in [-0.1, -0.05) is 19.6 Å². The number of benzene rings is 1. The first-order valence-electron chi connectivity index (χ1n) is 7.58. The lowest BCUT2D eigenvalue weighted by atomic mass is 10.1. The van der Waals surface area contributed by atoms with Gasteiger partial charge in [0.15, 0.2) is 0 Å². The molecule has 1 heterocycles. The van der Waals surface area contributed by atoms with E-state index in [-0.39, 0.29) is 16.7 Å². The average Bonchev–Trinajstić information content (AvgIpc) is 2.93. The van der Waals surface area contributed by atoms with Crippen LogP contribution in [0.25, 0.3) is 15.9 Å². The largest absolute Gasteiger partial charge is 0.415 e. The van der Waals surface area contributed by atoms with E-state index in [1.807, 2.05) is 6.92 Å². The van der Waals surface area contributed by atoms with E-state index < -0.39 is 19.8 Å². The van der Waals surface area contributed by atoms with Crippen LogP contribution in [0, 0.1) is 6.57 Å². The zero-order valence-corrected chi connectivity index (χ0v) is 15.3. The van der Waals surface area contributed by atoms with E-state index in [0.29, 0.717) is 0 Å². The van der Waals surface area contributed by atoms with Crippen LogP contribution in [0.15, 0.2) is 18.5 Å². The SMILES string of the molecule is CCOCC[Si](C)(C)C.[C-]#[N+]c1cc(C(F)(F)F)cc2[nH]cnc12. The van der Waals surface area contributed by atoms with Crippen LogP contribution in [0.2, 0.25) is 25.7 Å². The fraction of sp³-hybridized carbons (Fsp3) is 0.500. The molecule has 1 aromatic carbocycles. The van der Waals surface area contributed by atoms with Gasteiger partial charge in [0.2, 0.25) is 5.69 Å². The second kappa shape index (κ2) is 8.31. The number of hydrogen-bond acceptors (Lipinski definition) is 2. The van der Waals surface area contributed by atoms with Crippen molar-refractivity contribution < 1.29 is 17.9 Å². The predicted octanol–water partition coefficient (Wildman–Crippen LogP) is 5.49. The fourth-order valence-corrected chi connectivity index (χ4v) is 2.56. The molecule has 0 saturated carbocycles. The lowest BCUT2D eigenvalue weighted by Crippen LogP contribution is -2.21. The highest BCUT2D eigenvalue weighted by molar-refractivity contribution is 6.76. The number of aromatic amines is 1. The fourth-order valence-electron chi connectivity index (χ4n) is 1.80. The van der Waals surface area contributed by atoms with E-state index in [1.165, 1.54) is 12.4 Å². The number of aromatic nitrogens is 2. The predicted molar refractivity (Wildman–Crippen MR) is 92.0 cm³/mol. The third-order valence-electron chi connectivity index (χ3n) is 3.15. The normalized spacial score (nSPS) is 11.8. The highest BCUT2D eigenvalue weighted by Gasteiger charge is 2.31. The molecule has 4 nitrogen and oxygen atoms in total. The number of alkyl halides is 3. The molecule has 1 aromatic heterocycles. The molecule has 0 fully saturated rings. The molecule has 0 unspecified atom stereocenters. The van der Waals surface area contributed by atoms with Gasteiger partial charge in [0.25, 0.3) is 0 Å². The number of imidazole rings is 1. The molecule has 0 aliphatic heterocycles. The molecule has 0 atom stereocenters. The molecule has 0 spiro atoms. The van der Waals surface area contributed by atoms with Crippen molar-refractivity contribution in [1.29, 1.82) is 0 Å². The summed E-state index contributed by atoms with van der Waals surface area (Å²) < 4.78 is 42.4. The van der Waals surface area contributed by atoms with E-state index in [0.717, 1.165) is 25.3 Å². The van der Waals surface area contributed by atoms with Gasteiger partial charge in [0.05, 0.1) is 23.9 Å². The van der Waals surface area contributed by atoms with E-state index in [2.05, 4.69) is 34.5 Å². The Kier molecular flexibility index (Phi) is 6.99. The molecule has 24 heavy (non-hydrogen) atoms. The van der Waals surface area contributed by atoms with Gasteiger partial charge in [-0.25, -0.2) is 9.83 Å². The van der Waals surface area contributed by atoms with Crippen molar-refractivity contribution in [2.45, 2.75) is 38.8 Å². The molecule has 0 aliphatic rings. The zero-order chi connectivity index (χ0) is 18.4. The average molecular weight is 357 g/mol. The van der Waals surface area contributed by atoms with Crippen molar-refractivity contribution >= 4 is 24.8 Å². The molecule has 132 valence electrons. The maximum atomic E-state index is 12.4. The Labute approximate surface area is 140 Å². The maximum Gasteiger partial charge on any atom is 0.415 e. The van der Waals surface area contributed by atoms with Crippen LogP contribution in [0.1, 0.15) is 12.5 Å². The highest BCUT2D eigenvalue weighted by Crippen LogP contribution is 2.35. The van der Waals surface area contributed by atoms with Crippen LogP contribution in [0.5, 0.6) is 0 Å². The van der Waals surface area contributed by atoms with Crippen molar-refractivity contribution in [2.24, 2.45) is 0 Å². The number of ether oxygens (including phenoxy) is 1. The minimum absolute atomic E-state index is 0.0962. The Hall–Kier alpha value is -1.85. The first kappa shape index (κ1) is 20.2. The Morgan fingerprint density at radius 1 is 1.29 bits per heavy atom. The first-order valence-corrected chi connectivity index (χ1v) is 11.3. The number of hydrogen-bond donors (Lipinski definition) is 1. The van der Waals surface area contributed by atoms with Gasteiger partial charge < -0.3 is 9.72 Å². The van der Waals surface area contributed by atoms with Crippen molar-refractivity contribution in [2.75, 3.05) is 13.2 Å². The Bertz CT molecular complexity index is 699. The monoisotopic (exact) mass is 357 g/mol. The summed E-state index contributed by atoms with van der Waals surface area (Å²) in [6.07, 6.45) is -3.18. The van der Waals surface area contributed by atoms with Crippen LogP contribution in [0.3, 0.4) is 0 Å². The second-order valence-electron chi connectivity index (χ2n) is 6.41. The summed E-state index contributed by atoms with van der Waals surface area (Å²) in [6.45, 7) is 17.7. The van der Waals surface area contributed by atoms with Gasteiger partial charge in [0, 0.05) is 26.9 Å². The Morgan fingerprint density at radius 3 is 2.46 bits per heavy atom. The van der Waals surface area contributed by atoms with Gasteiger partial charge in [0.1, 0.15) is 0 Å². The number of nitrogens with one attached hydrogen (secondary N) is 1. The van der Waals surface area contributed by atoms with Crippen molar-refractivity contribution in [1.82, 2.24) is 9.97 Å². The standard InChI is InChI=1S/C9H4F3N3.C7H18OSi/c1-13-6-2-5(9(10,11)12)3-7-8(6)15-4-14-7;1-5-8-6-7-9(2,3)4/h2-4H,(H,14,15);5-7H2,1-4H3.